The SMILES string of the molecule is CC[N+]1(CC(O)COc2ccc(Br)cc2Br)CCOCC1. The molecule has 0 spiro atoms. The molecule has 118 valence electrons. The van der Waals surface area contributed by atoms with Gasteiger partial charge < -0.3 is 19.1 Å². The molecule has 4 nitrogen and oxygen atoms in total. The quantitative estimate of drug-likeness (QED) is 0.715. The van der Waals surface area contributed by atoms with E-state index in [2.05, 4.69) is 38.8 Å². The highest BCUT2D eigenvalue weighted by atomic mass is 79.9. The summed E-state index contributed by atoms with van der Waals surface area (Å²) in [6, 6.07) is 5.75. The van der Waals surface area contributed by atoms with Gasteiger partial charge in [-0.2, -0.15) is 0 Å². The summed E-state index contributed by atoms with van der Waals surface area (Å²) in [7, 11) is 0. The molecule has 0 amide bonds. The van der Waals surface area contributed by atoms with Crippen LogP contribution < -0.4 is 4.74 Å². The molecule has 0 aromatic heterocycles. The highest BCUT2D eigenvalue weighted by Crippen LogP contribution is 2.28. The number of hydrogen-bond acceptors (Lipinski definition) is 3. The molecule has 1 atom stereocenters. The lowest BCUT2D eigenvalue weighted by Crippen LogP contribution is -2.58. The van der Waals surface area contributed by atoms with Gasteiger partial charge in [0.05, 0.1) is 24.2 Å². The predicted octanol–water partition coefficient (Wildman–Crippen LogP) is 2.82. The molecule has 0 aliphatic carbocycles. The standard InChI is InChI=1S/C15H22Br2NO3/c1-2-18(5-7-20-8-6-18)10-13(19)11-21-15-4-3-12(16)9-14(15)17/h3-4,9,13,19H,2,5-8,10-11H2,1H3/q+1. The van der Waals surface area contributed by atoms with Crippen molar-refractivity contribution in [2.45, 2.75) is 13.0 Å². The first-order chi connectivity index (χ1) is 10.0. The van der Waals surface area contributed by atoms with Gasteiger partial charge in [-0.25, -0.2) is 0 Å². The summed E-state index contributed by atoms with van der Waals surface area (Å²) in [6.07, 6.45) is -0.474. The van der Waals surface area contributed by atoms with Crippen LogP contribution in [0.3, 0.4) is 0 Å². The minimum absolute atomic E-state index is 0.307. The first kappa shape index (κ1) is 17.2. The maximum atomic E-state index is 10.3. The molecule has 1 aliphatic heterocycles. The van der Waals surface area contributed by atoms with Crippen molar-refractivity contribution in [1.82, 2.24) is 0 Å². The summed E-state index contributed by atoms with van der Waals surface area (Å²) in [4.78, 5) is 0. The van der Waals surface area contributed by atoms with Crippen molar-refractivity contribution in [3.05, 3.63) is 27.1 Å². The number of morpholine rings is 1. The van der Waals surface area contributed by atoms with E-state index >= 15 is 0 Å². The molecule has 6 heteroatoms. The van der Waals surface area contributed by atoms with Gasteiger partial charge in [-0.3, -0.25) is 0 Å². The number of halogens is 2. The van der Waals surface area contributed by atoms with E-state index in [4.69, 9.17) is 9.47 Å². The molecule has 1 aromatic carbocycles. The topological polar surface area (TPSA) is 38.7 Å². The molecular formula is C15H22Br2NO3+. The summed E-state index contributed by atoms with van der Waals surface area (Å²) in [6.45, 7) is 7.70. The molecule has 1 aromatic rings. The van der Waals surface area contributed by atoms with Crippen LogP contribution in [0.25, 0.3) is 0 Å². The summed E-state index contributed by atoms with van der Waals surface area (Å²) in [5, 5.41) is 10.3. The zero-order valence-corrected chi connectivity index (χ0v) is 15.4. The van der Waals surface area contributed by atoms with Gasteiger partial charge in [-0.15, -0.1) is 0 Å². The Morgan fingerprint density at radius 1 is 1.33 bits per heavy atom. The lowest BCUT2D eigenvalue weighted by molar-refractivity contribution is -0.936. The first-order valence-electron chi connectivity index (χ1n) is 7.23. The number of nitrogens with zero attached hydrogens (tertiary/aromatic N) is 1. The van der Waals surface area contributed by atoms with Crippen LogP contribution in [0.1, 0.15) is 6.92 Å². The van der Waals surface area contributed by atoms with Crippen LogP contribution >= 0.6 is 31.9 Å². The van der Waals surface area contributed by atoms with Crippen molar-refractivity contribution < 1.29 is 19.1 Å². The molecule has 1 saturated heterocycles. The Bertz CT molecular complexity index is 464. The number of hydrogen-bond donors (Lipinski definition) is 1. The molecular weight excluding hydrogens is 402 g/mol. The number of aliphatic hydroxyl groups is 1. The predicted molar refractivity (Wildman–Crippen MR) is 89.6 cm³/mol. The van der Waals surface area contributed by atoms with Crippen LogP contribution in [0, 0.1) is 0 Å². The van der Waals surface area contributed by atoms with E-state index in [-0.39, 0.29) is 0 Å². The summed E-state index contributed by atoms with van der Waals surface area (Å²) >= 11 is 6.87. The third-order valence-corrected chi connectivity index (χ3v) is 5.13. The molecule has 1 fully saturated rings. The third-order valence-electron chi connectivity index (χ3n) is 4.01. The highest BCUT2D eigenvalue weighted by molar-refractivity contribution is 9.11. The Labute approximate surface area is 142 Å². The van der Waals surface area contributed by atoms with Gasteiger partial charge in [-0.1, -0.05) is 15.9 Å². The molecule has 1 unspecified atom stereocenters. The Morgan fingerprint density at radius 2 is 2.05 bits per heavy atom. The number of quaternary nitrogens is 1. The first-order valence-corrected chi connectivity index (χ1v) is 8.82. The molecule has 0 bridgehead atoms. The van der Waals surface area contributed by atoms with Gasteiger partial charge in [0.2, 0.25) is 0 Å². The second-order valence-corrected chi connectivity index (χ2v) is 7.21. The summed E-state index contributed by atoms with van der Waals surface area (Å²) < 4.78 is 13.9. The van der Waals surface area contributed by atoms with Gasteiger partial charge in [-0.05, 0) is 41.1 Å². The van der Waals surface area contributed by atoms with Gasteiger partial charge >= 0.3 is 0 Å². The van der Waals surface area contributed by atoms with E-state index in [1.807, 2.05) is 18.2 Å². The van der Waals surface area contributed by atoms with Crippen molar-refractivity contribution in [2.75, 3.05) is 46.0 Å². The number of aliphatic hydroxyl groups excluding tert-OH is 1. The third kappa shape index (κ3) is 4.93. The molecule has 1 aliphatic rings. The monoisotopic (exact) mass is 422 g/mol. The van der Waals surface area contributed by atoms with Crippen LogP contribution in [0.4, 0.5) is 0 Å². The van der Waals surface area contributed by atoms with Gasteiger partial charge in [0.1, 0.15) is 38.1 Å². The lowest BCUT2D eigenvalue weighted by Gasteiger charge is -2.41. The maximum absolute atomic E-state index is 10.3. The normalized spacial score (nSPS) is 19.2. The fourth-order valence-corrected chi connectivity index (χ4v) is 3.80. The molecule has 0 saturated carbocycles. The zero-order chi connectivity index (χ0) is 15.3. The zero-order valence-electron chi connectivity index (χ0n) is 12.2. The lowest BCUT2D eigenvalue weighted by atomic mass is 10.2. The number of benzene rings is 1. The highest BCUT2D eigenvalue weighted by Gasteiger charge is 2.31. The summed E-state index contributed by atoms with van der Waals surface area (Å²) in [5.74, 6) is 0.752. The van der Waals surface area contributed by atoms with Gasteiger partial charge in [0.15, 0.2) is 0 Å². The van der Waals surface area contributed by atoms with Crippen LogP contribution in [0.5, 0.6) is 5.75 Å². The Hall–Kier alpha value is -0.140. The largest absolute Gasteiger partial charge is 0.489 e. The van der Waals surface area contributed by atoms with E-state index in [1.165, 1.54) is 0 Å². The Kier molecular flexibility index (Phi) is 6.50. The molecule has 21 heavy (non-hydrogen) atoms. The molecule has 0 radical (unpaired) electrons. The summed E-state index contributed by atoms with van der Waals surface area (Å²) in [5.41, 5.74) is 0. The maximum Gasteiger partial charge on any atom is 0.137 e. The number of likely N-dealkylation sites (N-methyl/N-ethyl adjacent to an activating group) is 1. The van der Waals surface area contributed by atoms with Crippen LogP contribution in [-0.4, -0.2) is 61.7 Å². The van der Waals surface area contributed by atoms with E-state index in [0.717, 1.165) is 52.0 Å². The smallest absolute Gasteiger partial charge is 0.137 e. The molecule has 1 N–H and O–H groups in total. The average molecular weight is 424 g/mol. The fraction of sp³-hybridized carbons (Fsp3) is 0.600. The van der Waals surface area contributed by atoms with Crippen LogP contribution in [-0.2, 0) is 4.74 Å². The number of rotatable bonds is 6. The van der Waals surface area contributed by atoms with Crippen molar-refractivity contribution in [3.63, 3.8) is 0 Å². The second kappa shape index (κ2) is 7.92. The van der Waals surface area contributed by atoms with Crippen molar-refractivity contribution in [3.8, 4) is 5.75 Å². The second-order valence-electron chi connectivity index (χ2n) is 5.44. The fourth-order valence-electron chi connectivity index (χ4n) is 2.64. The van der Waals surface area contributed by atoms with Gasteiger partial charge in [0.25, 0.3) is 0 Å². The van der Waals surface area contributed by atoms with Crippen molar-refractivity contribution in [1.29, 1.82) is 0 Å². The minimum atomic E-state index is -0.474. The van der Waals surface area contributed by atoms with Crippen molar-refractivity contribution >= 4 is 31.9 Å². The Morgan fingerprint density at radius 3 is 2.67 bits per heavy atom. The molecule has 1 heterocycles. The van der Waals surface area contributed by atoms with E-state index in [0.29, 0.717) is 13.2 Å². The average Bonchev–Trinajstić information content (AvgIpc) is 2.47. The Balaban J connectivity index is 1.87. The van der Waals surface area contributed by atoms with Gasteiger partial charge in [0, 0.05) is 4.47 Å². The van der Waals surface area contributed by atoms with E-state index < -0.39 is 6.10 Å². The van der Waals surface area contributed by atoms with Crippen LogP contribution in [0.2, 0.25) is 0 Å². The van der Waals surface area contributed by atoms with Crippen LogP contribution in [0.15, 0.2) is 27.1 Å². The van der Waals surface area contributed by atoms with E-state index in [1.54, 1.807) is 0 Å². The van der Waals surface area contributed by atoms with E-state index in [9.17, 15) is 5.11 Å². The number of ether oxygens (including phenoxy) is 2. The molecule has 2 rings (SSSR count). The van der Waals surface area contributed by atoms with Crippen molar-refractivity contribution in [2.24, 2.45) is 0 Å². The minimum Gasteiger partial charge on any atom is -0.489 e.